The molecule has 1 unspecified atom stereocenters. The second-order valence-electron chi connectivity index (χ2n) is 4.94. The molecule has 0 bridgehead atoms. The first-order valence-electron chi connectivity index (χ1n) is 7.01. The van der Waals surface area contributed by atoms with Crippen LogP contribution in [0.4, 0.5) is 0 Å². The van der Waals surface area contributed by atoms with Crippen LogP contribution in [-0.2, 0) is 6.42 Å². The molecule has 1 rings (SSSR count). The van der Waals surface area contributed by atoms with Crippen LogP contribution in [0.15, 0.2) is 24.3 Å². The summed E-state index contributed by atoms with van der Waals surface area (Å²) in [5.74, 6) is 0. The van der Waals surface area contributed by atoms with Crippen LogP contribution in [0.3, 0.4) is 0 Å². The van der Waals surface area contributed by atoms with Crippen LogP contribution in [0, 0.1) is 0 Å². The van der Waals surface area contributed by atoms with Crippen molar-refractivity contribution in [3.05, 3.63) is 35.4 Å². The molecule has 0 amide bonds. The summed E-state index contributed by atoms with van der Waals surface area (Å²) in [5, 5.41) is 9.41. The molecule has 0 aliphatic rings. The van der Waals surface area contributed by atoms with E-state index in [1.54, 1.807) is 0 Å². The van der Waals surface area contributed by atoms with Crippen molar-refractivity contribution in [2.24, 2.45) is 0 Å². The lowest BCUT2D eigenvalue weighted by atomic mass is 10.0. The van der Waals surface area contributed by atoms with Crippen molar-refractivity contribution in [2.45, 2.75) is 64.9 Å². The van der Waals surface area contributed by atoms with Gasteiger partial charge in [-0.2, -0.15) is 0 Å². The smallest absolute Gasteiger partial charge is 0.0761 e. The van der Waals surface area contributed by atoms with E-state index in [1.807, 2.05) is 19.1 Å². The molecule has 0 saturated heterocycles. The van der Waals surface area contributed by atoms with Gasteiger partial charge >= 0.3 is 0 Å². The van der Waals surface area contributed by atoms with E-state index in [4.69, 9.17) is 0 Å². The number of benzene rings is 1. The first kappa shape index (κ1) is 14.2. The monoisotopic (exact) mass is 234 g/mol. The van der Waals surface area contributed by atoms with Crippen LogP contribution >= 0.6 is 0 Å². The number of rotatable bonds is 8. The largest absolute Gasteiger partial charge is 0.389 e. The second kappa shape index (κ2) is 8.30. The van der Waals surface area contributed by atoms with Crippen molar-refractivity contribution in [2.75, 3.05) is 0 Å². The Kier molecular flexibility index (Phi) is 6.95. The van der Waals surface area contributed by atoms with E-state index < -0.39 is 0 Å². The number of unbranched alkanes of at least 4 members (excludes halogenated alkanes) is 5. The van der Waals surface area contributed by atoms with E-state index in [0.29, 0.717) is 0 Å². The van der Waals surface area contributed by atoms with Crippen molar-refractivity contribution >= 4 is 0 Å². The highest BCUT2D eigenvalue weighted by Crippen LogP contribution is 2.15. The average molecular weight is 234 g/mol. The topological polar surface area (TPSA) is 20.2 Å². The zero-order valence-electron chi connectivity index (χ0n) is 11.3. The summed E-state index contributed by atoms with van der Waals surface area (Å²) < 4.78 is 0. The molecule has 1 aromatic rings. The van der Waals surface area contributed by atoms with E-state index in [2.05, 4.69) is 19.1 Å². The quantitative estimate of drug-likeness (QED) is 0.649. The van der Waals surface area contributed by atoms with Crippen LogP contribution in [0.1, 0.15) is 69.6 Å². The molecule has 0 aliphatic carbocycles. The Morgan fingerprint density at radius 2 is 1.53 bits per heavy atom. The predicted octanol–water partition coefficient (Wildman–Crippen LogP) is 4.64. The summed E-state index contributed by atoms with van der Waals surface area (Å²) in [6.45, 7) is 4.06. The molecule has 0 heterocycles. The van der Waals surface area contributed by atoms with Gasteiger partial charge in [0.25, 0.3) is 0 Å². The molecule has 1 heteroatoms. The Morgan fingerprint density at radius 1 is 0.941 bits per heavy atom. The zero-order valence-corrected chi connectivity index (χ0v) is 11.3. The Bertz CT molecular complexity index is 287. The third-order valence-corrected chi connectivity index (χ3v) is 3.28. The lowest BCUT2D eigenvalue weighted by molar-refractivity contribution is 0.199. The summed E-state index contributed by atoms with van der Waals surface area (Å²) in [6.07, 6.45) is 8.92. The molecule has 1 atom stereocenters. The van der Waals surface area contributed by atoms with Crippen molar-refractivity contribution in [1.82, 2.24) is 0 Å². The van der Waals surface area contributed by atoms with Gasteiger partial charge in [0.2, 0.25) is 0 Å². The van der Waals surface area contributed by atoms with Crippen LogP contribution in [0.2, 0.25) is 0 Å². The molecular weight excluding hydrogens is 208 g/mol. The normalized spacial score (nSPS) is 12.6. The van der Waals surface area contributed by atoms with Gasteiger partial charge in [0.1, 0.15) is 0 Å². The molecule has 96 valence electrons. The Labute approximate surface area is 106 Å². The van der Waals surface area contributed by atoms with Crippen molar-refractivity contribution in [3.63, 3.8) is 0 Å². The lowest BCUT2D eigenvalue weighted by Gasteiger charge is -2.06. The van der Waals surface area contributed by atoms with Crippen LogP contribution in [0.5, 0.6) is 0 Å². The third-order valence-electron chi connectivity index (χ3n) is 3.28. The summed E-state index contributed by atoms with van der Waals surface area (Å²) in [4.78, 5) is 0. The minimum Gasteiger partial charge on any atom is -0.389 e. The van der Waals surface area contributed by atoms with E-state index in [-0.39, 0.29) is 6.10 Å². The number of aliphatic hydroxyl groups excluding tert-OH is 1. The maximum atomic E-state index is 9.41. The van der Waals surface area contributed by atoms with Crippen LogP contribution in [0.25, 0.3) is 0 Å². The van der Waals surface area contributed by atoms with Gasteiger partial charge in [0.15, 0.2) is 0 Å². The lowest BCUT2D eigenvalue weighted by Crippen LogP contribution is -1.92. The summed E-state index contributed by atoms with van der Waals surface area (Å²) >= 11 is 0. The van der Waals surface area contributed by atoms with Gasteiger partial charge in [-0.1, -0.05) is 63.3 Å². The Hall–Kier alpha value is -0.820. The van der Waals surface area contributed by atoms with E-state index in [0.717, 1.165) is 5.56 Å². The van der Waals surface area contributed by atoms with Crippen molar-refractivity contribution in [3.8, 4) is 0 Å². The minimum atomic E-state index is -0.349. The fraction of sp³-hybridized carbons (Fsp3) is 0.625. The molecule has 0 aromatic heterocycles. The molecule has 1 N–H and O–H groups in total. The van der Waals surface area contributed by atoms with Gasteiger partial charge in [-0.3, -0.25) is 0 Å². The highest BCUT2D eigenvalue weighted by molar-refractivity contribution is 5.23. The number of aliphatic hydroxyl groups is 1. The van der Waals surface area contributed by atoms with Crippen LogP contribution < -0.4 is 0 Å². The second-order valence-corrected chi connectivity index (χ2v) is 4.94. The minimum absolute atomic E-state index is 0.349. The molecule has 0 spiro atoms. The van der Waals surface area contributed by atoms with Gasteiger partial charge in [-0.15, -0.1) is 0 Å². The molecule has 0 fully saturated rings. The highest BCUT2D eigenvalue weighted by Gasteiger charge is 2.00. The van der Waals surface area contributed by atoms with Crippen molar-refractivity contribution < 1.29 is 5.11 Å². The standard InChI is InChI=1S/C16H26O/c1-3-4-5-6-7-8-9-15-10-12-16(13-11-15)14(2)17/h10-14,17H,3-9H2,1-2H3. The van der Waals surface area contributed by atoms with E-state index in [1.165, 1.54) is 50.5 Å². The first-order chi connectivity index (χ1) is 8.24. The number of hydrogen-bond acceptors (Lipinski definition) is 1. The molecule has 1 nitrogen and oxygen atoms in total. The highest BCUT2D eigenvalue weighted by atomic mass is 16.3. The number of aryl methyl sites for hydroxylation is 1. The van der Waals surface area contributed by atoms with E-state index >= 15 is 0 Å². The first-order valence-corrected chi connectivity index (χ1v) is 7.01. The van der Waals surface area contributed by atoms with E-state index in [9.17, 15) is 5.11 Å². The molecule has 0 aliphatic heterocycles. The summed E-state index contributed by atoms with van der Waals surface area (Å²) in [7, 11) is 0. The maximum absolute atomic E-state index is 9.41. The third kappa shape index (κ3) is 5.88. The van der Waals surface area contributed by atoms with Crippen molar-refractivity contribution in [1.29, 1.82) is 0 Å². The fourth-order valence-electron chi connectivity index (χ4n) is 2.07. The Morgan fingerprint density at radius 3 is 2.12 bits per heavy atom. The number of hydrogen-bond donors (Lipinski definition) is 1. The average Bonchev–Trinajstić information content (AvgIpc) is 2.34. The molecule has 1 aromatic carbocycles. The van der Waals surface area contributed by atoms with Gasteiger partial charge in [0, 0.05) is 0 Å². The SMILES string of the molecule is CCCCCCCCc1ccc(C(C)O)cc1. The molecule has 0 saturated carbocycles. The Balaban J connectivity index is 2.19. The molecule has 17 heavy (non-hydrogen) atoms. The molecule has 0 radical (unpaired) electrons. The van der Waals surface area contributed by atoms with Gasteiger partial charge < -0.3 is 5.11 Å². The summed E-state index contributed by atoms with van der Waals surface area (Å²) in [5.41, 5.74) is 2.40. The zero-order chi connectivity index (χ0) is 12.5. The van der Waals surface area contributed by atoms with Gasteiger partial charge in [-0.05, 0) is 30.9 Å². The fourth-order valence-corrected chi connectivity index (χ4v) is 2.07. The summed E-state index contributed by atoms with van der Waals surface area (Å²) in [6, 6.07) is 8.37. The van der Waals surface area contributed by atoms with Crippen LogP contribution in [-0.4, -0.2) is 5.11 Å². The van der Waals surface area contributed by atoms with Gasteiger partial charge in [0.05, 0.1) is 6.10 Å². The predicted molar refractivity (Wildman–Crippen MR) is 74.2 cm³/mol. The molecular formula is C16H26O. The maximum Gasteiger partial charge on any atom is 0.0761 e. The van der Waals surface area contributed by atoms with Gasteiger partial charge in [-0.25, -0.2) is 0 Å².